The van der Waals surface area contributed by atoms with Gasteiger partial charge in [0.25, 0.3) is 5.91 Å². The number of amides is 1. The minimum absolute atomic E-state index is 0.0344. The number of esters is 1. The number of aromatic nitrogens is 1. The van der Waals surface area contributed by atoms with Gasteiger partial charge >= 0.3 is 5.97 Å². The van der Waals surface area contributed by atoms with Gasteiger partial charge in [0.1, 0.15) is 0 Å². The lowest BCUT2D eigenvalue weighted by atomic mass is 9.97. The summed E-state index contributed by atoms with van der Waals surface area (Å²) in [6.45, 7) is 5.12. The molecule has 7 heteroatoms. The Morgan fingerprint density at radius 3 is 2.24 bits per heavy atom. The second kappa shape index (κ2) is 12.8. The maximum absolute atomic E-state index is 12.4. The number of anilines is 1. The maximum atomic E-state index is 12.4. The quantitative estimate of drug-likeness (QED) is 0.247. The van der Waals surface area contributed by atoms with E-state index in [1.165, 1.54) is 16.9 Å². The Bertz CT molecular complexity index is 1290. The monoisotopic (exact) mass is 513 g/mol. The third-order valence-corrected chi connectivity index (χ3v) is 6.84. The predicted molar refractivity (Wildman–Crippen MR) is 148 cm³/mol. The van der Waals surface area contributed by atoms with Crippen molar-refractivity contribution in [2.24, 2.45) is 0 Å². The standard InChI is InChI=1S/C30H31N3O3S/c1-3-31-28(34)25-17-15-23(16-18-25)20-33(30-32-26(21-37-30)29(35)36-4-2)27(24-13-9-6-10-14-24)19-22-11-7-5-8-12-22/h5-18,21,27H,3-4,19-20H2,1-2H3,(H,31,34). The molecule has 6 nitrogen and oxygen atoms in total. The average molecular weight is 514 g/mol. The van der Waals surface area contributed by atoms with Crippen LogP contribution < -0.4 is 10.2 Å². The first kappa shape index (κ1) is 26.1. The Balaban J connectivity index is 1.72. The minimum Gasteiger partial charge on any atom is -0.461 e. The number of hydrogen-bond donors (Lipinski definition) is 1. The van der Waals surface area contributed by atoms with Crippen LogP contribution in [0.2, 0.25) is 0 Å². The number of ether oxygens (including phenoxy) is 1. The van der Waals surface area contributed by atoms with Crippen molar-refractivity contribution in [2.45, 2.75) is 32.9 Å². The first-order chi connectivity index (χ1) is 18.1. The molecule has 1 amide bonds. The van der Waals surface area contributed by atoms with Gasteiger partial charge < -0.3 is 15.0 Å². The zero-order valence-corrected chi connectivity index (χ0v) is 21.9. The molecule has 4 rings (SSSR count). The van der Waals surface area contributed by atoms with Gasteiger partial charge in [-0.3, -0.25) is 4.79 Å². The van der Waals surface area contributed by atoms with Crippen molar-refractivity contribution in [1.82, 2.24) is 10.3 Å². The Hall–Kier alpha value is -3.97. The lowest BCUT2D eigenvalue weighted by Crippen LogP contribution is -2.30. The highest BCUT2D eigenvalue weighted by Crippen LogP contribution is 2.34. The van der Waals surface area contributed by atoms with Gasteiger partial charge in [-0.2, -0.15) is 0 Å². The number of thiazole rings is 1. The van der Waals surface area contributed by atoms with E-state index in [0.29, 0.717) is 31.0 Å². The number of carbonyl (C=O) groups excluding carboxylic acids is 2. The van der Waals surface area contributed by atoms with Crippen LogP contribution in [0.3, 0.4) is 0 Å². The highest BCUT2D eigenvalue weighted by atomic mass is 32.1. The molecule has 0 aliphatic carbocycles. The summed E-state index contributed by atoms with van der Waals surface area (Å²) < 4.78 is 5.18. The molecular weight excluding hydrogens is 482 g/mol. The SMILES string of the molecule is CCNC(=O)c1ccc(CN(c2nc(C(=O)OCC)cs2)C(Cc2ccccc2)c2ccccc2)cc1. The van der Waals surface area contributed by atoms with Gasteiger partial charge in [-0.05, 0) is 49.1 Å². The molecular formula is C30H31N3O3S. The van der Waals surface area contributed by atoms with Crippen LogP contribution in [0.4, 0.5) is 5.13 Å². The highest BCUT2D eigenvalue weighted by molar-refractivity contribution is 7.13. The van der Waals surface area contributed by atoms with E-state index >= 15 is 0 Å². The third kappa shape index (κ3) is 6.83. The average Bonchev–Trinajstić information content (AvgIpc) is 3.43. The van der Waals surface area contributed by atoms with Crippen molar-refractivity contribution in [1.29, 1.82) is 0 Å². The Labute approximate surface area is 221 Å². The number of nitrogens with one attached hydrogen (secondary N) is 1. The molecule has 1 heterocycles. The van der Waals surface area contributed by atoms with E-state index in [1.807, 2.05) is 67.6 Å². The highest BCUT2D eigenvalue weighted by Gasteiger charge is 2.25. The van der Waals surface area contributed by atoms with Crippen LogP contribution in [0.25, 0.3) is 0 Å². The Kier molecular flexibility index (Phi) is 9.05. The number of rotatable bonds is 11. The van der Waals surface area contributed by atoms with Crippen LogP contribution >= 0.6 is 11.3 Å². The molecule has 3 aromatic carbocycles. The van der Waals surface area contributed by atoms with E-state index in [9.17, 15) is 9.59 Å². The number of benzene rings is 3. The van der Waals surface area contributed by atoms with Crippen LogP contribution in [0.5, 0.6) is 0 Å². The van der Waals surface area contributed by atoms with Crippen LogP contribution in [0, 0.1) is 0 Å². The van der Waals surface area contributed by atoms with E-state index < -0.39 is 5.97 Å². The van der Waals surface area contributed by atoms with Gasteiger partial charge in [0.05, 0.1) is 12.6 Å². The largest absolute Gasteiger partial charge is 0.461 e. The van der Waals surface area contributed by atoms with Gasteiger partial charge in [-0.1, -0.05) is 72.8 Å². The van der Waals surface area contributed by atoms with Crippen molar-refractivity contribution in [3.8, 4) is 0 Å². The van der Waals surface area contributed by atoms with Crippen LogP contribution in [-0.2, 0) is 17.7 Å². The summed E-state index contributed by atoms with van der Waals surface area (Å²) >= 11 is 1.43. The topological polar surface area (TPSA) is 71.5 Å². The number of nitrogens with zero attached hydrogens (tertiary/aromatic N) is 2. The van der Waals surface area contributed by atoms with Crippen molar-refractivity contribution >= 4 is 28.3 Å². The Morgan fingerprint density at radius 1 is 0.919 bits per heavy atom. The van der Waals surface area contributed by atoms with Crippen LogP contribution in [0.15, 0.2) is 90.3 Å². The van der Waals surface area contributed by atoms with Gasteiger partial charge in [0, 0.05) is 24.0 Å². The molecule has 1 atom stereocenters. The predicted octanol–water partition coefficient (Wildman–Crippen LogP) is 6.06. The molecule has 1 aromatic heterocycles. The van der Waals surface area contributed by atoms with Crippen LogP contribution in [0.1, 0.15) is 57.4 Å². The molecule has 0 aliphatic heterocycles. The van der Waals surface area contributed by atoms with Crippen molar-refractivity contribution in [2.75, 3.05) is 18.1 Å². The van der Waals surface area contributed by atoms with Crippen LogP contribution in [-0.4, -0.2) is 30.0 Å². The second-order valence-electron chi connectivity index (χ2n) is 8.54. The van der Waals surface area contributed by atoms with E-state index in [2.05, 4.69) is 39.5 Å². The van der Waals surface area contributed by atoms with Gasteiger partial charge in [0.2, 0.25) is 0 Å². The zero-order chi connectivity index (χ0) is 26.0. The smallest absolute Gasteiger partial charge is 0.357 e. The maximum Gasteiger partial charge on any atom is 0.357 e. The van der Waals surface area contributed by atoms with E-state index in [-0.39, 0.29) is 11.9 Å². The number of hydrogen-bond acceptors (Lipinski definition) is 6. The number of carbonyl (C=O) groups is 2. The molecule has 37 heavy (non-hydrogen) atoms. The van der Waals surface area contributed by atoms with Crippen molar-refractivity contribution in [3.05, 3.63) is 118 Å². The first-order valence-electron chi connectivity index (χ1n) is 12.4. The van der Waals surface area contributed by atoms with E-state index in [4.69, 9.17) is 4.74 Å². The molecule has 0 aliphatic rings. The fourth-order valence-electron chi connectivity index (χ4n) is 4.15. The lowest BCUT2D eigenvalue weighted by Gasteiger charge is -2.32. The normalized spacial score (nSPS) is 11.5. The summed E-state index contributed by atoms with van der Waals surface area (Å²) in [5.74, 6) is -0.508. The molecule has 1 N–H and O–H groups in total. The van der Waals surface area contributed by atoms with Crippen molar-refractivity contribution in [3.63, 3.8) is 0 Å². The third-order valence-electron chi connectivity index (χ3n) is 5.96. The van der Waals surface area contributed by atoms with Crippen molar-refractivity contribution < 1.29 is 14.3 Å². The second-order valence-corrected chi connectivity index (χ2v) is 9.37. The fraction of sp³-hybridized carbons (Fsp3) is 0.233. The van der Waals surface area contributed by atoms with E-state index in [0.717, 1.165) is 22.7 Å². The summed E-state index contributed by atoms with van der Waals surface area (Å²) in [7, 11) is 0. The molecule has 0 saturated carbocycles. The molecule has 190 valence electrons. The first-order valence-corrected chi connectivity index (χ1v) is 13.3. The summed E-state index contributed by atoms with van der Waals surface area (Å²) in [5.41, 5.74) is 4.33. The minimum atomic E-state index is -0.421. The van der Waals surface area contributed by atoms with Gasteiger partial charge in [-0.15, -0.1) is 11.3 Å². The fourth-order valence-corrected chi connectivity index (χ4v) is 4.99. The molecule has 4 aromatic rings. The summed E-state index contributed by atoms with van der Waals surface area (Å²) in [5, 5.41) is 5.33. The van der Waals surface area contributed by atoms with E-state index in [1.54, 1.807) is 12.3 Å². The molecule has 0 bridgehead atoms. The Morgan fingerprint density at radius 2 is 1.59 bits per heavy atom. The molecule has 0 spiro atoms. The summed E-state index contributed by atoms with van der Waals surface area (Å²) in [6, 6.07) is 28.3. The molecule has 0 saturated heterocycles. The summed E-state index contributed by atoms with van der Waals surface area (Å²) in [4.78, 5) is 31.6. The molecule has 0 radical (unpaired) electrons. The molecule has 1 unspecified atom stereocenters. The zero-order valence-electron chi connectivity index (χ0n) is 21.1. The van der Waals surface area contributed by atoms with Gasteiger partial charge in [0.15, 0.2) is 10.8 Å². The lowest BCUT2D eigenvalue weighted by molar-refractivity contribution is 0.0520. The molecule has 0 fully saturated rings. The summed E-state index contributed by atoms with van der Waals surface area (Å²) in [6.07, 6.45) is 0.760. The van der Waals surface area contributed by atoms with Gasteiger partial charge in [-0.25, -0.2) is 9.78 Å².